The maximum absolute atomic E-state index is 13.7. The third-order valence-corrected chi connectivity index (χ3v) is 8.70. The highest BCUT2D eigenvalue weighted by molar-refractivity contribution is 7.89. The summed E-state index contributed by atoms with van der Waals surface area (Å²) >= 11 is 0. The summed E-state index contributed by atoms with van der Waals surface area (Å²) in [7, 11) is -2.28. The molecule has 3 atom stereocenters. The van der Waals surface area contributed by atoms with E-state index in [1.807, 2.05) is 30.3 Å². The molecule has 2 heterocycles. The lowest BCUT2D eigenvalue weighted by Gasteiger charge is -2.39. The highest BCUT2D eigenvalue weighted by atomic mass is 32.2. The molecule has 0 saturated carbocycles. The Hall–Kier alpha value is -3.38. The molecule has 34 heavy (non-hydrogen) atoms. The molecule has 0 radical (unpaired) electrons. The van der Waals surface area contributed by atoms with Crippen molar-refractivity contribution in [1.82, 2.24) is 4.31 Å². The number of nitrogens with one attached hydrogen (secondary N) is 1. The van der Waals surface area contributed by atoms with Gasteiger partial charge in [0.2, 0.25) is 10.0 Å². The van der Waals surface area contributed by atoms with Crippen LogP contribution in [0.4, 0.5) is 5.69 Å². The topological polar surface area (TPSA) is 103 Å². The van der Waals surface area contributed by atoms with Crippen LogP contribution in [0.15, 0.2) is 71.6 Å². The van der Waals surface area contributed by atoms with E-state index in [1.54, 1.807) is 40.7 Å². The number of anilines is 1. The van der Waals surface area contributed by atoms with Crippen molar-refractivity contribution >= 4 is 15.7 Å². The van der Waals surface area contributed by atoms with Crippen LogP contribution < -0.4 is 10.1 Å². The van der Waals surface area contributed by atoms with Gasteiger partial charge in [-0.2, -0.15) is 9.57 Å². The van der Waals surface area contributed by atoms with Crippen LogP contribution in [0.5, 0.6) is 5.75 Å². The quantitative estimate of drug-likeness (QED) is 0.582. The zero-order chi connectivity index (χ0) is 23.9. The third-order valence-electron chi connectivity index (χ3n) is 6.82. The average Bonchev–Trinajstić information content (AvgIpc) is 3.34. The molecule has 8 heteroatoms. The molecule has 0 bridgehead atoms. The summed E-state index contributed by atoms with van der Waals surface area (Å²) in [4.78, 5) is 0.191. The maximum Gasteiger partial charge on any atom is 0.243 e. The lowest BCUT2D eigenvalue weighted by atomic mass is 9.82. The van der Waals surface area contributed by atoms with Crippen molar-refractivity contribution < 1.29 is 18.3 Å². The largest absolute Gasteiger partial charge is 0.497 e. The number of nitrogens with zero attached hydrogens (tertiary/aromatic N) is 2. The van der Waals surface area contributed by atoms with Gasteiger partial charge in [0, 0.05) is 24.2 Å². The molecule has 0 amide bonds. The van der Waals surface area contributed by atoms with Crippen molar-refractivity contribution in [2.45, 2.75) is 23.4 Å². The summed E-state index contributed by atoms with van der Waals surface area (Å²) in [6.45, 7) is 0.290. The number of sulfonamides is 1. The summed E-state index contributed by atoms with van der Waals surface area (Å²) in [6.07, 6.45) is 0.645. The van der Waals surface area contributed by atoms with Gasteiger partial charge in [-0.1, -0.05) is 24.3 Å². The zero-order valence-electron chi connectivity index (χ0n) is 18.7. The number of aliphatic hydroxyl groups excluding tert-OH is 1. The van der Waals surface area contributed by atoms with Gasteiger partial charge in [0.25, 0.3) is 0 Å². The van der Waals surface area contributed by atoms with Crippen LogP contribution in [0, 0.1) is 17.2 Å². The number of ether oxygens (including phenoxy) is 1. The van der Waals surface area contributed by atoms with Gasteiger partial charge >= 0.3 is 0 Å². The lowest BCUT2D eigenvalue weighted by molar-refractivity contribution is 0.210. The van der Waals surface area contributed by atoms with Crippen LogP contribution >= 0.6 is 0 Å². The van der Waals surface area contributed by atoms with E-state index in [4.69, 9.17) is 10.00 Å². The van der Waals surface area contributed by atoms with Crippen molar-refractivity contribution in [2.24, 2.45) is 5.92 Å². The number of benzene rings is 3. The molecular weight excluding hydrogens is 450 g/mol. The van der Waals surface area contributed by atoms with Crippen LogP contribution in [0.2, 0.25) is 0 Å². The number of rotatable bonds is 5. The summed E-state index contributed by atoms with van der Waals surface area (Å²) in [5.41, 5.74) is 4.19. The molecule has 2 aliphatic heterocycles. The predicted molar refractivity (Wildman–Crippen MR) is 129 cm³/mol. The van der Waals surface area contributed by atoms with E-state index in [9.17, 15) is 13.5 Å². The number of fused-ring (bicyclic) bond motifs is 3. The number of hydrogen-bond acceptors (Lipinski definition) is 6. The van der Waals surface area contributed by atoms with Crippen molar-refractivity contribution in [3.05, 3.63) is 77.9 Å². The van der Waals surface area contributed by atoms with E-state index in [0.717, 1.165) is 22.4 Å². The molecule has 2 N–H and O–H groups in total. The number of hydrogen-bond donors (Lipinski definition) is 2. The van der Waals surface area contributed by atoms with Crippen LogP contribution in [-0.4, -0.2) is 44.1 Å². The summed E-state index contributed by atoms with van der Waals surface area (Å²) in [5.74, 6) is 0.424. The van der Waals surface area contributed by atoms with Crippen LogP contribution in [-0.2, 0) is 10.0 Å². The van der Waals surface area contributed by atoms with Gasteiger partial charge in [0.05, 0.1) is 42.3 Å². The Balaban J connectivity index is 1.59. The first kappa shape index (κ1) is 22.4. The van der Waals surface area contributed by atoms with Gasteiger partial charge in [-0.3, -0.25) is 0 Å². The second-order valence-electron chi connectivity index (χ2n) is 8.62. The zero-order valence-corrected chi connectivity index (χ0v) is 19.5. The summed E-state index contributed by atoms with van der Waals surface area (Å²) < 4.78 is 34.3. The van der Waals surface area contributed by atoms with E-state index in [-0.39, 0.29) is 23.5 Å². The van der Waals surface area contributed by atoms with Crippen molar-refractivity contribution in [3.8, 4) is 22.9 Å². The molecule has 0 aliphatic carbocycles. The molecular formula is C26H25N3O4S. The van der Waals surface area contributed by atoms with Crippen LogP contribution in [0.25, 0.3) is 11.1 Å². The standard InChI is InChI=1S/C26H25N3O4S/c1-33-20-3-2-4-21(14-20)34(31,32)29-12-11-22-25(16-30)28-24-10-9-19(13-23(24)26(22)29)18-7-5-17(15-27)6-8-18/h2-10,13-14,22,25-26,28,30H,11-12,16H2,1H3/t22-,25+,26-/m1/s1. The van der Waals surface area contributed by atoms with Gasteiger partial charge in [0.1, 0.15) is 5.75 Å². The summed E-state index contributed by atoms with van der Waals surface area (Å²) in [6, 6.07) is 21.3. The van der Waals surface area contributed by atoms with E-state index < -0.39 is 16.1 Å². The first-order valence-corrected chi connectivity index (χ1v) is 12.6. The van der Waals surface area contributed by atoms with Gasteiger partial charge in [-0.05, 0) is 59.5 Å². The molecule has 7 nitrogen and oxygen atoms in total. The molecule has 2 aliphatic rings. The molecule has 3 aromatic carbocycles. The number of aliphatic hydroxyl groups is 1. The Morgan fingerprint density at radius 3 is 2.59 bits per heavy atom. The SMILES string of the molecule is COc1cccc(S(=O)(=O)N2CC[C@@H]3[C@H](CO)Nc4ccc(-c5ccc(C#N)cc5)cc4[C@@H]32)c1. The van der Waals surface area contributed by atoms with Crippen LogP contribution in [0.1, 0.15) is 23.6 Å². The second kappa shape index (κ2) is 8.76. The molecule has 0 unspecified atom stereocenters. The Labute approximate surface area is 199 Å². The molecule has 1 fully saturated rings. The lowest BCUT2D eigenvalue weighted by Crippen LogP contribution is -2.42. The average molecular weight is 476 g/mol. The summed E-state index contributed by atoms with van der Waals surface area (Å²) in [5, 5.41) is 22.5. The Kier molecular flexibility index (Phi) is 5.78. The fourth-order valence-electron chi connectivity index (χ4n) is 5.10. The number of nitriles is 1. The highest BCUT2D eigenvalue weighted by Crippen LogP contribution is 2.49. The molecule has 0 aromatic heterocycles. The smallest absolute Gasteiger partial charge is 0.243 e. The minimum atomic E-state index is -3.79. The van der Waals surface area contributed by atoms with E-state index in [0.29, 0.717) is 24.3 Å². The van der Waals surface area contributed by atoms with Crippen LogP contribution in [0.3, 0.4) is 0 Å². The van der Waals surface area contributed by atoms with E-state index in [1.165, 1.54) is 7.11 Å². The Morgan fingerprint density at radius 1 is 1.12 bits per heavy atom. The van der Waals surface area contributed by atoms with E-state index >= 15 is 0 Å². The Bertz CT molecular complexity index is 1370. The van der Waals surface area contributed by atoms with Gasteiger partial charge in [-0.25, -0.2) is 8.42 Å². The fourth-order valence-corrected chi connectivity index (χ4v) is 6.81. The van der Waals surface area contributed by atoms with Crippen molar-refractivity contribution in [1.29, 1.82) is 5.26 Å². The minimum Gasteiger partial charge on any atom is -0.497 e. The fraction of sp³-hybridized carbons (Fsp3) is 0.269. The van der Waals surface area contributed by atoms with Gasteiger partial charge < -0.3 is 15.2 Å². The van der Waals surface area contributed by atoms with Gasteiger partial charge in [0.15, 0.2) is 0 Å². The second-order valence-corrected chi connectivity index (χ2v) is 10.5. The van der Waals surface area contributed by atoms with E-state index in [2.05, 4.69) is 11.4 Å². The molecule has 5 rings (SSSR count). The molecule has 3 aromatic rings. The number of methoxy groups -OCH3 is 1. The van der Waals surface area contributed by atoms with Crippen molar-refractivity contribution in [2.75, 3.05) is 25.6 Å². The van der Waals surface area contributed by atoms with Crippen molar-refractivity contribution in [3.63, 3.8) is 0 Å². The first-order valence-electron chi connectivity index (χ1n) is 11.1. The highest BCUT2D eigenvalue weighted by Gasteiger charge is 2.48. The maximum atomic E-state index is 13.7. The third kappa shape index (κ3) is 3.72. The monoisotopic (exact) mass is 475 g/mol. The molecule has 0 spiro atoms. The normalized spacial score (nSPS) is 21.7. The Morgan fingerprint density at radius 2 is 1.88 bits per heavy atom. The minimum absolute atomic E-state index is 0.0610. The molecule has 1 saturated heterocycles. The predicted octanol–water partition coefficient (Wildman–Crippen LogP) is 3.77. The van der Waals surface area contributed by atoms with Gasteiger partial charge in [-0.15, -0.1) is 0 Å². The first-order chi connectivity index (χ1) is 16.5. The molecule has 174 valence electrons.